The Morgan fingerprint density at radius 2 is 2.00 bits per heavy atom. The Morgan fingerprint density at radius 1 is 1.19 bits per heavy atom. The van der Waals surface area contributed by atoms with Gasteiger partial charge in [0.05, 0.1) is 0 Å². The molecule has 2 bridgehead atoms. The Bertz CT molecular complexity index is 293. The van der Waals surface area contributed by atoms with Crippen LogP contribution in [0.3, 0.4) is 0 Å². The normalized spacial score (nSPS) is 31.4. The predicted molar refractivity (Wildman–Crippen MR) is 58.0 cm³/mol. The van der Waals surface area contributed by atoms with Crippen molar-refractivity contribution in [2.24, 2.45) is 17.8 Å². The first kappa shape index (κ1) is 11.2. The minimum atomic E-state index is -1.02. The highest BCUT2D eigenvalue weighted by Crippen LogP contribution is 2.47. The Hall–Kier alpha value is -1.26. The van der Waals surface area contributed by atoms with Crippen molar-refractivity contribution in [2.45, 2.75) is 25.7 Å². The van der Waals surface area contributed by atoms with Gasteiger partial charge in [-0.1, -0.05) is 6.42 Å². The van der Waals surface area contributed by atoms with Gasteiger partial charge in [-0.2, -0.15) is 0 Å². The van der Waals surface area contributed by atoms with E-state index in [-0.39, 0.29) is 12.6 Å². The maximum absolute atomic E-state index is 11.2. The van der Waals surface area contributed by atoms with Gasteiger partial charge in [0.25, 0.3) is 0 Å². The first-order valence-electron chi connectivity index (χ1n) is 5.88. The summed E-state index contributed by atoms with van der Waals surface area (Å²) in [7, 11) is 0. The van der Waals surface area contributed by atoms with Crippen molar-refractivity contribution in [2.75, 3.05) is 13.1 Å². The molecule has 3 N–H and O–H groups in total. The average molecular weight is 226 g/mol. The molecule has 2 rings (SSSR count). The largest absolute Gasteiger partial charge is 0.480 e. The monoisotopic (exact) mass is 226 g/mol. The molecule has 0 heterocycles. The molecule has 0 aliphatic heterocycles. The third kappa shape index (κ3) is 2.65. The number of hydrogen-bond acceptors (Lipinski definition) is 2. The second-order valence-electron chi connectivity index (χ2n) is 4.89. The van der Waals surface area contributed by atoms with Gasteiger partial charge in [0.15, 0.2) is 0 Å². The third-order valence-electron chi connectivity index (χ3n) is 3.81. The fourth-order valence-corrected chi connectivity index (χ4v) is 3.07. The highest BCUT2D eigenvalue weighted by Gasteiger charge is 2.39. The smallest absolute Gasteiger partial charge is 0.323 e. The molecule has 5 nitrogen and oxygen atoms in total. The van der Waals surface area contributed by atoms with Gasteiger partial charge in [0.1, 0.15) is 6.54 Å². The van der Waals surface area contributed by atoms with Gasteiger partial charge in [-0.15, -0.1) is 0 Å². The summed E-state index contributed by atoms with van der Waals surface area (Å²) < 4.78 is 0. The molecule has 5 heteroatoms. The lowest BCUT2D eigenvalue weighted by molar-refractivity contribution is -0.135. The van der Waals surface area contributed by atoms with Gasteiger partial charge >= 0.3 is 12.0 Å². The summed E-state index contributed by atoms with van der Waals surface area (Å²) in [5, 5.41) is 13.4. The van der Waals surface area contributed by atoms with Crippen LogP contribution in [0.2, 0.25) is 0 Å². The molecule has 0 aromatic heterocycles. The van der Waals surface area contributed by atoms with Crippen molar-refractivity contribution < 1.29 is 14.7 Å². The van der Waals surface area contributed by atoms with Crippen LogP contribution in [-0.4, -0.2) is 30.2 Å². The molecule has 0 radical (unpaired) electrons. The number of rotatable bonds is 4. The van der Waals surface area contributed by atoms with E-state index in [1.807, 2.05) is 0 Å². The van der Waals surface area contributed by atoms with E-state index in [0.717, 1.165) is 11.8 Å². The van der Waals surface area contributed by atoms with Gasteiger partial charge in [0.2, 0.25) is 0 Å². The summed E-state index contributed by atoms with van der Waals surface area (Å²) in [6.45, 7) is 0.370. The fraction of sp³-hybridized carbons (Fsp3) is 0.818. The Kier molecular flexibility index (Phi) is 3.31. The van der Waals surface area contributed by atoms with Crippen molar-refractivity contribution in [3.05, 3.63) is 0 Å². The zero-order chi connectivity index (χ0) is 11.5. The number of aliphatic carboxylic acids is 1. The molecule has 2 aliphatic carbocycles. The number of hydrogen-bond donors (Lipinski definition) is 3. The molecule has 16 heavy (non-hydrogen) atoms. The van der Waals surface area contributed by atoms with Crippen molar-refractivity contribution in [1.82, 2.24) is 10.6 Å². The highest BCUT2D eigenvalue weighted by molar-refractivity contribution is 5.79. The SMILES string of the molecule is O=C(O)CNC(=O)NCC1CC2CCC1C2. The Morgan fingerprint density at radius 3 is 2.56 bits per heavy atom. The lowest BCUT2D eigenvalue weighted by atomic mass is 9.89. The maximum Gasteiger partial charge on any atom is 0.323 e. The second-order valence-corrected chi connectivity index (χ2v) is 4.89. The van der Waals surface area contributed by atoms with Crippen molar-refractivity contribution >= 4 is 12.0 Å². The Balaban J connectivity index is 1.64. The summed E-state index contributed by atoms with van der Waals surface area (Å²) in [5.41, 5.74) is 0. The van der Waals surface area contributed by atoms with Gasteiger partial charge in [-0.3, -0.25) is 4.79 Å². The molecular formula is C11H18N2O3. The van der Waals surface area contributed by atoms with Crippen LogP contribution in [0.15, 0.2) is 0 Å². The van der Waals surface area contributed by atoms with E-state index in [1.54, 1.807) is 0 Å². The van der Waals surface area contributed by atoms with Crippen LogP contribution in [0.1, 0.15) is 25.7 Å². The summed E-state index contributed by atoms with van der Waals surface area (Å²) in [6, 6.07) is -0.370. The highest BCUT2D eigenvalue weighted by atomic mass is 16.4. The molecule has 0 saturated heterocycles. The second kappa shape index (κ2) is 4.72. The number of carbonyl (C=O) groups is 2. The number of amides is 2. The van der Waals surface area contributed by atoms with E-state index in [2.05, 4.69) is 10.6 Å². The topological polar surface area (TPSA) is 78.4 Å². The van der Waals surface area contributed by atoms with Crippen molar-refractivity contribution in [3.63, 3.8) is 0 Å². The quantitative estimate of drug-likeness (QED) is 0.663. The Labute approximate surface area is 94.6 Å². The van der Waals surface area contributed by atoms with E-state index in [1.165, 1.54) is 25.7 Å². The molecule has 0 aromatic carbocycles. The molecule has 3 atom stereocenters. The van der Waals surface area contributed by atoms with Crippen LogP contribution in [-0.2, 0) is 4.79 Å². The number of carboxylic acid groups (broad SMARTS) is 1. The minimum absolute atomic E-state index is 0.317. The van der Waals surface area contributed by atoms with E-state index >= 15 is 0 Å². The standard InChI is InChI=1S/C11H18N2O3/c14-10(15)6-13-11(16)12-5-9-4-7-1-2-8(9)3-7/h7-9H,1-6H2,(H,14,15)(H2,12,13,16). The van der Waals surface area contributed by atoms with E-state index < -0.39 is 5.97 Å². The van der Waals surface area contributed by atoms with E-state index in [4.69, 9.17) is 5.11 Å². The van der Waals surface area contributed by atoms with Crippen molar-refractivity contribution in [3.8, 4) is 0 Å². The van der Waals surface area contributed by atoms with Crippen LogP contribution in [0.5, 0.6) is 0 Å². The first-order chi connectivity index (χ1) is 7.65. The number of carboxylic acids is 1. The van der Waals surface area contributed by atoms with Crippen molar-refractivity contribution in [1.29, 1.82) is 0 Å². The predicted octanol–water partition coefficient (Wildman–Crippen LogP) is 0.806. The number of urea groups is 1. The minimum Gasteiger partial charge on any atom is -0.480 e. The molecule has 3 unspecified atom stereocenters. The maximum atomic E-state index is 11.2. The molecule has 90 valence electrons. The molecule has 2 saturated carbocycles. The number of fused-ring (bicyclic) bond motifs is 2. The molecule has 0 spiro atoms. The lowest BCUT2D eigenvalue weighted by Gasteiger charge is -2.21. The van der Waals surface area contributed by atoms with Crippen LogP contribution in [0.25, 0.3) is 0 Å². The zero-order valence-corrected chi connectivity index (χ0v) is 9.24. The summed E-state index contributed by atoms with van der Waals surface area (Å²) in [6.07, 6.45) is 5.20. The van der Waals surface area contributed by atoms with Crippen LogP contribution in [0, 0.1) is 17.8 Å². The third-order valence-corrected chi connectivity index (χ3v) is 3.81. The van der Waals surface area contributed by atoms with Crippen LogP contribution >= 0.6 is 0 Å². The first-order valence-corrected chi connectivity index (χ1v) is 5.88. The molecular weight excluding hydrogens is 208 g/mol. The van der Waals surface area contributed by atoms with E-state index in [9.17, 15) is 9.59 Å². The van der Waals surface area contributed by atoms with Gasteiger partial charge < -0.3 is 15.7 Å². The van der Waals surface area contributed by atoms with Gasteiger partial charge in [-0.05, 0) is 37.0 Å². The summed E-state index contributed by atoms with van der Waals surface area (Å²) in [4.78, 5) is 21.5. The molecule has 0 aromatic rings. The lowest BCUT2D eigenvalue weighted by Crippen LogP contribution is -2.41. The molecule has 2 aliphatic rings. The van der Waals surface area contributed by atoms with Crippen LogP contribution in [0.4, 0.5) is 4.79 Å². The van der Waals surface area contributed by atoms with Crippen LogP contribution < -0.4 is 10.6 Å². The molecule has 2 fully saturated rings. The number of nitrogens with one attached hydrogen (secondary N) is 2. The number of carbonyl (C=O) groups excluding carboxylic acids is 1. The summed E-state index contributed by atoms with van der Waals surface area (Å²) in [5.74, 6) is 1.24. The fourth-order valence-electron chi connectivity index (χ4n) is 3.07. The van der Waals surface area contributed by atoms with Gasteiger partial charge in [-0.25, -0.2) is 4.79 Å². The van der Waals surface area contributed by atoms with E-state index in [0.29, 0.717) is 12.5 Å². The van der Waals surface area contributed by atoms with Gasteiger partial charge in [0, 0.05) is 6.54 Å². The zero-order valence-electron chi connectivity index (χ0n) is 9.24. The summed E-state index contributed by atoms with van der Waals surface area (Å²) >= 11 is 0. The average Bonchev–Trinajstić information content (AvgIpc) is 2.84. The molecule has 2 amide bonds.